The van der Waals surface area contributed by atoms with E-state index >= 15 is 0 Å². The number of nitrogens with one attached hydrogen (secondary N) is 1. The van der Waals surface area contributed by atoms with Crippen LogP contribution in [-0.2, 0) is 14.8 Å². The van der Waals surface area contributed by atoms with Crippen LogP contribution >= 0.6 is 15.9 Å². The number of hydrogen-bond donors (Lipinski definition) is 1. The van der Waals surface area contributed by atoms with Crippen LogP contribution in [0.1, 0.15) is 37.7 Å². The molecule has 0 unspecified atom stereocenters. The summed E-state index contributed by atoms with van der Waals surface area (Å²) in [6.45, 7) is -0.270. The van der Waals surface area contributed by atoms with E-state index in [1.807, 2.05) is 0 Å². The summed E-state index contributed by atoms with van der Waals surface area (Å²) in [5.41, 5.74) is 3.16. The molecule has 1 heterocycles. The van der Waals surface area contributed by atoms with Gasteiger partial charge in [-0.05, 0) is 43.2 Å². The summed E-state index contributed by atoms with van der Waals surface area (Å²) in [5.74, 6) is -0.476. The van der Waals surface area contributed by atoms with Gasteiger partial charge in [0, 0.05) is 28.5 Å². The van der Waals surface area contributed by atoms with E-state index in [2.05, 4.69) is 31.4 Å². The molecule has 1 fully saturated rings. The van der Waals surface area contributed by atoms with Gasteiger partial charge in [-0.3, -0.25) is 9.78 Å². The van der Waals surface area contributed by atoms with Crippen molar-refractivity contribution in [3.05, 3.63) is 58.8 Å². The number of nitrogens with zero attached hydrogens (tertiary/aromatic N) is 3. The maximum atomic E-state index is 13.3. The van der Waals surface area contributed by atoms with Gasteiger partial charge in [0.05, 0.1) is 17.7 Å². The van der Waals surface area contributed by atoms with E-state index in [9.17, 15) is 13.2 Å². The summed E-state index contributed by atoms with van der Waals surface area (Å²) in [4.78, 5) is 16.6. The Morgan fingerprint density at radius 2 is 1.93 bits per heavy atom. The summed E-state index contributed by atoms with van der Waals surface area (Å²) >= 11 is 3.32. The minimum atomic E-state index is -3.80. The lowest BCUT2D eigenvalue weighted by molar-refractivity contribution is -0.121. The smallest absolute Gasteiger partial charge is 0.255 e. The number of carbonyl (C=O) groups excluding carboxylic acids is 1. The van der Waals surface area contributed by atoms with Crippen molar-refractivity contribution in [2.45, 2.75) is 43.0 Å². The second-order valence-corrected chi connectivity index (χ2v) is 9.68. The first kappa shape index (κ1) is 21.6. The number of halogens is 1. The lowest BCUT2D eigenvalue weighted by Gasteiger charge is -2.32. The van der Waals surface area contributed by atoms with Gasteiger partial charge in [-0.2, -0.15) is 9.41 Å². The topological polar surface area (TPSA) is 91.7 Å². The van der Waals surface area contributed by atoms with Crippen molar-refractivity contribution in [1.29, 1.82) is 0 Å². The Morgan fingerprint density at radius 3 is 2.59 bits per heavy atom. The van der Waals surface area contributed by atoms with E-state index in [1.54, 1.807) is 48.8 Å². The van der Waals surface area contributed by atoms with Crippen LogP contribution in [0.15, 0.2) is 63.3 Å². The number of hydrazone groups is 1. The molecule has 0 bridgehead atoms. The molecular weight excluding hydrogens is 456 g/mol. The van der Waals surface area contributed by atoms with Crippen LogP contribution in [0, 0.1) is 0 Å². The van der Waals surface area contributed by atoms with E-state index in [4.69, 9.17) is 0 Å². The Bertz CT molecular complexity index is 943. The Morgan fingerprint density at radius 1 is 1.21 bits per heavy atom. The molecule has 154 valence electrons. The zero-order valence-electron chi connectivity index (χ0n) is 15.9. The van der Waals surface area contributed by atoms with Crippen molar-refractivity contribution in [3.63, 3.8) is 0 Å². The molecule has 1 aromatic heterocycles. The molecule has 9 heteroatoms. The number of sulfonamides is 1. The number of carbonyl (C=O) groups is 1. The van der Waals surface area contributed by atoms with Gasteiger partial charge in [-0.25, -0.2) is 13.8 Å². The Balaban J connectivity index is 1.75. The normalized spacial score (nSPS) is 15.7. The minimum absolute atomic E-state index is 0.179. The number of amides is 1. The van der Waals surface area contributed by atoms with E-state index in [0.717, 1.165) is 42.1 Å². The highest BCUT2D eigenvalue weighted by molar-refractivity contribution is 9.10. The molecule has 0 saturated heterocycles. The molecule has 29 heavy (non-hydrogen) atoms. The standard InChI is InChI=1S/C20H23BrN4O3S/c21-17-8-10-19(11-9-17)29(27,28)25(18-6-2-1-3-7-18)15-20(26)24-23-14-16-5-4-12-22-13-16/h4-5,8-14,18H,1-3,6-7,15H2,(H,24,26). The average molecular weight is 479 g/mol. The van der Waals surface area contributed by atoms with Crippen molar-refractivity contribution in [2.75, 3.05) is 6.54 Å². The lowest BCUT2D eigenvalue weighted by atomic mass is 9.95. The summed E-state index contributed by atoms with van der Waals surface area (Å²) in [6.07, 6.45) is 9.23. The van der Waals surface area contributed by atoms with Gasteiger partial charge in [-0.1, -0.05) is 41.3 Å². The first-order valence-corrected chi connectivity index (χ1v) is 11.7. The van der Waals surface area contributed by atoms with Crippen molar-refractivity contribution in [1.82, 2.24) is 14.7 Å². The molecule has 0 atom stereocenters. The number of benzene rings is 1. The van der Waals surface area contributed by atoms with Gasteiger partial charge in [0.15, 0.2) is 0 Å². The second-order valence-electron chi connectivity index (χ2n) is 6.88. The predicted octanol–water partition coefficient (Wildman–Crippen LogP) is 3.32. The second kappa shape index (κ2) is 10.1. The monoisotopic (exact) mass is 478 g/mol. The largest absolute Gasteiger partial charge is 0.272 e. The molecule has 0 spiro atoms. The molecule has 7 nitrogen and oxygen atoms in total. The minimum Gasteiger partial charge on any atom is -0.272 e. The maximum absolute atomic E-state index is 13.3. The summed E-state index contributed by atoms with van der Waals surface area (Å²) in [7, 11) is -3.80. The first-order chi connectivity index (χ1) is 14.0. The molecule has 2 aromatic rings. The fraction of sp³-hybridized carbons (Fsp3) is 0.350. The summed E-state index contributed by atoms with van der Waals surface area (Å²) in [6, 6.07) is 9.84. The Hall–Kier alpha value is -2.10. The third kappa shape index (κ3) is 5.94. The summed E-state index contributed by atoms with van der Waals surface area (Å²) < 4.78 is 28.6. The molecule has 1 aliphatic carbocycles. The maximum Gasteiger partial charge on any atom is 0.255 e. The van der Waals surface area contributed by atoms with Crippen LogP contribution in [0.25, 0.3) is 0 Å². The lowest BCUT2D eigenvalue weighted by Crippen LogP contribution is -2.46. The number of hydrogen-bond acceptors (Lipinski definition) is 5. The van der Waals surface area contributed by atoms with Gasteiger partial charge in [-0.15, -0.1) is 0 Å². The van der Waals surface area contributed by atoms with Crippen LogP contribution in [0.5, 0.6) is 0 Å². The highest BCUT2D eigenvalue weighted by Crippen LogP contribution is 2.28. The highest BCUT2D eigenvalue weighted by atomic mass is 79.9. The van der Waals surface area contributed by atoms with Gasteiger partial charge in [0.1, 0.15) is 0 Å². The number of rotatable bonds is 7. The van der Waals surface area contributed by atoms with Gasteiger partial charge in [0.2, 0.25) is 10.0 Å². The zero-order chi connectivity index (χ0) is 20.7. The van der Waals surface area contributed by atoms with Crippen LogP contribution in [0.2, 0.25) is 0 Å². The third-order valence-electron chi connectivity index (χ3n) is 4.79. The van der Waals surface area contributed by atoms with Crippen molar-refractivity contribution >= 4 is 38.1 Å². The molecule has 1 amide bonds. The van der Waals surface area contributed by atoms with Gasteiger partial charge in [0.25, 0.3) is 5.91 Å². The van der Waals surface area contributed by atoms with E-state index in [-0.39, 0.29) is 17.5 Å². The molecule has 3 rings (SSSR count). The molecule has 0 radical (unpaired) electrons. The molecule has 1 N–H and O–H groups in total. The molecule has 1 saturated carbocycles. The average Bonchev–Trinajstić information content (AvgIpc) is 2.73. The van der Waals surface area contributed by atoms with Crippen LogP contribution in [0.3, 0.4) is 0 Å². The van der Waals surface area contributed by atoms with Gasteiger partial charge < -0.3 is 0 Å². The van der Waals surface area contributed by atoms with Crippen molar-refractivity contribution in [3.8, 4) is 0 Å². The fourth-order valence-electron chi connectivity index (χ4n) is 3.33. The zero-order valence-corrected chi connectivity index (χ0v) is 18.3. The molecule has 1 aliphatic rings. The van der Waals surface area contributed by atoms with E-state index < -0.39 is 15.9 Å². The molecule has 0 aliphatic heterocycles. The quantitative estimate of drug-likeness (QED) is 0.487. The third-order valence-corrected chi connectivity index (χ3v) is 7.23. The van der Waals surface area contributed by atoms with Crippen molar-refractivity contribution in [2.24, 2.45) is 5.10 Å². The van der Waals surface area contributed by atoms with Crippen molar-refractivity contribution < 1.29 is 13.2 Å². The SMILES string of the molecule is O=C(CN(C1CCCCC1)S(=O)(=O)c1ccc(Br)cc1)NN=Cc1cccnc1. The van der Waals surface area contributed by atoms with E-state index in [1.165, 1.54) is 10.5 Å². The van der Waals surface area contributed by atoms with Crippen LogP contribution < -0.4 is 5.43 Å². The molecule has 1 aromatic carbocycles. The first-order valence-electron chi connectivity index (χ1n) is 9.46. The Labute approximate surface area is 179 Å². The van der Waals surface area contributed by atoms with Gasteiger partial charge >= 0.3 is 0 Å². The molecular formula is C20H23BrN4O3S. The number of pyridine rings is 1. The van der Waals surface area contributed by atoms with Crippen LogP contribution in [0.4, 0.5) is 0 Å². The summed E-state index contributed by atoms with van der Waals surface area (Å²) in [5, 5.41) is 3.91. The van der Waals surface area contributed by atoms with Crippen LogP contribution in [-0.4, -0.2) is 42.4 Å². The highest BCUT2D eigenvalue weighted by Gasteiger charge is 2.33. The predicted molar refractivity (Wildman–Crippen MR) is 115 cm³/mol. The fourth-order valence-corrected chi connectivity index (χ4v) is 5.24. The van der Waals surface area contributed by atoms with E-state index in [0.29, 0.717) is 0 Å². The Kier molecular flexibility index (Phi) is 7.51. The number of aromatic nitrogens is 1.